The summed E-state index contributed by atoms with van der Waals surface area (Å²) in [6.07, 6.45) is 1.58. The summed E-state index contributed by atoms with van der Waals surface area (Å²) in [5.41, 5.74) is -0.0130. The zero-order valence-electron chi connectivity index (χ0n) is 8.64. The van der Waals surface area contributed by atoms with Crippen LogP contribution in [0.2, 0.25) is 0 Å². The summed E-state index contributed by atoms with van der Waals surface area (Å²) in [6.45, 7) is 0. The Morgan fingerprint density at radius 2 is 2.12 bits per heavy atom. The molecule has 0 aliphatic rings. The van der Waals surface area contributed by atoms with E-state index in [2.05, 4.69) is 0 Å². The highest BCUT2D eigenvalue weighted by atomic mass is 32.2. The largest absolute Gasteiger partial charge is 0.298 e. The maximum Gasteiger partial charge on any atom is 0.154 e. The fourth-order valence-electron chi connectivity index (χ4n) is 1.06. The van der Waals surface area contributed by atoms with Gasteiger partial charge in [0.2, 0.25) is 0 Å². The number of benzene rings is 1. The van der Waals surface area contributed by atoms with Crippen molar-refractivity contribution in [1.29, 1.82) is 0 Å². The van der Waals surface area contributed by atoms with E-state index < -0.39 is 15.7 Å². The second-order valence-corrected chi connectivity index (χ2v) is 6.64. The van der Waals surface area contributed by atoms with Crippen molar-refractivity contribution in [2.75, 3.05) is 17.8 Å². The Labute approximate surface area is 98.0 Å². The molecule has 1 rings (SSSR count). The highest BCUT2D eigenvalue weighted by Crippen LogP contribution is 2.23. The minimum absolute atomic E-state index is 0.00643. The molecule has 0 atom stereocenters. The molecule has 0 spiro atoms. The van der Waals surface area contributed by atoms with Crippen molar-refractivity contribution >= 4 is 27.9 Å². The fourth-order valence-corrected chi connectivity index (χ4v) is 3.30. The number of carbonyl (C=O) groups is 1. The Balaban J connectivity index is 2.74. The predicted octanol–water partition coefficient (Wildman–Crippen LogP) is 1.77. The van der Waals surface area contributed by atoms with E-state index >= 15 is 0 Å². The van der Waals surface area contributed by atoms with E-state index in [1.807, 2.05) is 0 Å². The lowest BCUT2D eigenvalue weighted by atomic mass is 10.2. The van der Waals surface area contributed by atoms with Gasteiger partial charge in [0.1, 0.15) is 15.7 Å². The van der Waals surface area contributed by atoms with E-state index in [9.17, 15) is 17.6 Å². The van der Waals surface area contributed by atoms with Crippen LogP contribution in [0.4, 0.5) is 4.39 Å². The van der Waals surface area contributed by atoms with Crippen LogP contribution in [-0.2, 0) is 9.84 Å². The van der Waals surface area contributed by atoms with E-state index in [1.54, 1.807) is 6.07 Å². The van der Waals surface area contributed by atoms with Gasteiger partial charge >= 0.3 is 0 Å². The summed E-state index contributed by atoms with van der Waals surface area (Å²) >= 11 is 1.16. The molecule has 0 saturated carbocycles. The quantitative estimate of drug-likeness (QED) is 0.599. The van der Waals surface area contributed by atoms with Crippen molar-refractivity contribution < 1.29 is 17.6 Å². The summed E-state index contributed by atoms with van der Waals surface area (Å²) in [4.78, 5) is 11.1. The molecule has 0 N–H and O–H groups in total. The molecule has 1 aromatic rings. The first kappa shape index (κ1) is 13.2. The number of aldehydes is 1. The number of carbonyl (C=O) groups excluding carboxylic acids is 1. The van der Waals surface area contributed by atoms with Crippen LogP contribution in [-0.4, -0.2) is 32.5 Å². The number of rotatable bonds is 5. The molecule has 0 aliphatic heterocycles. The van der Waals surface area contributed by atoms with Crippen molar-refractivity contribution in [3.8, 4) is 0 Å². The van der Waals surface area contributed by atoms with Gasteiger partial charge in [-0.15, -0.1) is 11.8 Å². The zero-order chi connectivity index (χ0) is 12.2. The highest BCUT2D eigenvalue weighted by molar-refractivity contribution is 8.00. The van der Waals surface area contributed by atoms with Crippen LogP contribution in [0.15, 0.2) is 23.1 Å². The number of thioether (sulfide) groups is 1. The standard InChI is InChI=1S/C10H11FO3S2/c1-16(13,14)6-5-15-10-4-2-3-9(11)8(10)7-12/h2-4,7H,5-6H2,1H3. The first-order valence-electron chi connectivity index (χ1n) is 4.48. The normalized spacial score (nSPS) is 11.4. The van der Waals surface area contributed by atoms with E-state index in [4.69, 9.17) is 0 Å². The molecule has 6 heteroatoms. The van der Waals surface area contributed by atoms with Crippen LogP contribution < -0.4 is 0 Å². The van der Waals surface area contributed by atoms with Gasteiger partial charge in [-0.1, -0.05) is 6.07 Å². The first-order chi connectivity index (χ1) is 7.44. The van der Waals surface area contributed by atoms with Gasteiger partial charge < -0.3 is 0 Å². The van der Waals surface area contributed by atoms with Crippen LogP contribution in [0, 0.1) is 5.82 Å². The molecular formula is C10H11FO3S2. The van der Waals surface area contributed by atoms with Gasteiger partial charge in [0.25, 0.3) is 0 Å². The topological polar surface area (TPSA) is 51.2 Å². The highest BCUT2D eigenvalue weighted by Gasteiger charge is 2.09. The fraction of sp³-hybridized carbons (Fsp3) is 0.300. The van der Waals surface area contributed by atoms with Crippen molar-refractivity contribution in [3.05, 3.63) is 29.6 Å². The molecule has 0 bridgehead atoms. The van der Waals surface area contributed by atoms with E-state index in [0.29, 0.717) is 16.9 Å². The van der Waals surface area contributed by atoms with Crippen molar-refractivity contribution in [2.45, 2.75) is 4.90 Å². The van der Waals surface area contributed by atoms with Crippen molar-refractivity contribution in [2.24, 2.45) is 0 Å². The van der Waals surface area contributed by atoms with Gasteiger partial charge in [0.15, 0.2) is 6.29 Å². The second-order valence-electron chi connectivity index (χ2n) is 3.25. The SMILES string of the molecule is CS(=O)(=O)CCSc1cccc(F)c1C=O. The van der Waals surface area contributed by atoms with E-state index in [1.165, 1.54) is 12.1 Å². The van der Waals surface area contributed by atoms with Crippen LogP contribution in [0.5, 0.6) is 0 Å². The zero-order valence-corrected chi connectivity index (χ0v) is 10.3. The molecule has 0 aromatic heterocycles. The third kappa shape index (κ3) is 3.94. The summed E-state index contributed by atoms with van der Waals surface area (Å²) < 4.78 is 34.9. The number of hydrogen-bond donors (Lipinski definition) is 0. The predicted molar refractivity (Wildman–Crippen MR) is 62.2 cm³/mol. The Morgan fingerprint density at radius 3 is 2.69 bits per heavy atom. The molecule has 0 fully saturated rings. The third-order valence-electron chi connectivity index (χ3n) is 1.84. The van der Waals surface area contributed by atoms with Crippen molar-refractivity contribution in [1.82, 2.24) is 0 Å². The minimum atomic E-state index is -3.03. The number of halogens is 1. The molecule has 16 heavy (non-hydrogen) atoms. The van der Waals surface area contributed by atoms with Gasteiger partial charge in [0, 0.05) is 16.9 Å². The van der Waals surface area contributed by atoms with Gasteiger partial charge in [-0.3, -0.25) is 4.79 Å². The molecule has 0 heterocycles. The average Bonchev–Trinajstić information content (AvgIpc) is 2.16. The maximum absolute atomic E-state index is 13.1. The van der Waals surface area contributed by atoms with E-state index in [-0.39, 0.29) is 11.3 Å². The van der Waals surface area contributed by atoms with Gasteiger partial charge in [-0.2, -0.15) is 0 Å². The van der Waals surface area contributed by atoms with Crippen LogP contribution in [0.1, 0.15) is 10.4 Å². The molecule has 3 nitrogen and oxygen atoms in total. The smallest absolute Gasteiger partial charge is 0.154 e. The Kier molecular flexibility index (Phi) is 4.49. The van der Waals surface area contributed by atoms with Gasteiger partial charge in [-0.05, 0) is 12.1 Å². The third-order valence-corrected chi connectivity index (χ3v) is 4.12. The van der Waals surface area contributed by atoms with Crippen LogP contribution in [0.25, 0.3) is 0 Å². The Hall–Kier alpha value is -0.880. The average molecular weight is 262 g/mol. The summed E-state index contributed by atoms with van der Waals surface area (Å²) in [5.74, 6) is -0.269. The first-order valence-corrected chi connectivity index (χ1v) is 7.53. The van der Waals surface area contributed by atoms with Gasteiger partial charge in [0.05, 0.1) is 11.3 Å². The molecule has 88 valence electrons. The van der Waals surface area contributed by atoms with Crippen LogP contribution in [0.3, 0.4) is 0 Å². The monoisotopic (exact) mass is 262 g/mol. The molecule has 0 aliphatic carbocycles. The molecule has 0 radical (unpaired) electrons. The molecule has 0 amide bonds. The molecule has 0 saturated heterocycles. The molecule has 0 unspecified atom stereocenters. The Bertz CT molecular complexity index is 483. The second kappa shape index (κ2) is 5.45. The summed E-state index contributed by atoms with van der Waals surface area (Å²) in [7, 11) is -3.03. The minimum Gasteiger partial charge on any atom is -0.298 e. The van der Waals surface area contributed by atoms with Crippen LogP contribution >= 0.6 is 11.8 Å². The lowest BCUT2D eigenvalue weighted by Crippen LogP contribution is -2.05. The lowest BCUT2D eigenvalue weighted by molar-refractivity contribution is 0.111. The number of sulfone groups is 1. The number of hydrogen-bond acceptors (Lipinski definition) is 4. The van der Waals surface area contributed by atoms with Gasteiger partial charge in [-0.25, -0.2) is 12.8 Å². The molecule has 1 aromatic carbocycles. The summed E-state index contributed by atoms with van der Waals surface area (Å²) in [6, 6.07) is 4.29. The van der Waals surface area contributed by atoms with Crippen molar-refractivity contribution in [3.63, 3.8) is 0 Å². The molecular weight excluding hydrogens is 251 g/mol. The Morgan fingerprint density at radius 1 is 1.44 bits per heavy atom. The lowest BCUT2D eigenvalue weighted by Gasteiger charge is -2.04. The van der Waals surface area contributed by atoms with E-state index in [0.717, 1.165) is 18.0 Å². The maximum atomic E-state index is 13.1. The summed E-state index contributed by atoms with van der Waals surface area (Å²) in [5, 5.41) is 0.